The van der Waals surface area contributed by atoms with Gasteiger partial charge in [-0.3, -0.25) is 4.79 Å². The number of anilines is 1. The van der Waals surface area contributed by atoms with Crippen molar-refractivity contribution in [3.8, 4) is 0 Å². The van der Waals surface area contributed by atoms with E-state index in [0.29, 0.717) is 6.42 Å². The molecule has 0 amide bonds. The molecule has 0 aliphatic rings. The number of carboxylic acid groups (broad SMARTS) is 1. The number of carbonyl (C=O) groups is 1. The van der Waals surface area contributed by atoms with E-state index in [2.05, 4.69) is 5.32 Å². The molecule has 0 heterocycles. The van der Waals surface area contributed by atoms with Gasteiger partial charge in [0, 0.05) is 18.7 Å². The van der Waals surface area contributed by atoms with Gasteiger partial charge in [-0.2, -0.15) is 0 Å². The topological polar surface area (TPSA) is 49.3 Å². The number of carboxylic acids is 1. The standard InChI is InChI=1S/C12H17NO2/c1-3-13-11-6-4-9(2)8-10(11)5-7-12(14)15/h4,6,8,13H,3,5,7H2,1-2H3,(H,14,15). The van der Waals surface area contributed by atoms with Crippen LogP contribution in [0.5, 0.6) is 0 Å². The highest BCUT2D eigenvalue weighted by Gasteiger charge is 2.04. The predicted molar refractivity (Wildman–Crippen MR) is 61.3 cm³/mol. The van der Waals surface area contributed by atoms with Crippen LogP contribution >= 0.6 is 0 Å². The van der Waals surface area contributed by atoms with Crippen LogP contribution in [0.2, 0.25) is 0 Å². The minimum Gasteiger partial charge on any atom is -0.481 e. The van der Waals surface area contributed by atoms with Crippen molar-refractivity contribution < 1.29 is 9.90 Å². The molecule has 1 aromatic rings. The van der Waals surface area contributed by atoms with Crippen LogP contribution < -0.4 is 5.32 Å². The van der Waals surface area contributed by atoms with Gasteiger partial charge in [0.1, 0.15) is 0 Å². The van der Waals surface area contributed by atoms with Crippen LogP contribution in [-0.4, -0.2) is 17.6 Å². The maximum absolute atomic E-state index is 10.5. The van der Waals surface area contributed by atoms with E-state index < -0.39 is 5.97 Å². The van der Waals surface area contributed by atoms with Crippen LogP contribution in [0.1, 0.15) is 24.5 Å². The summed E-state index contributed by atoms with van der Waals surface area (Å²) in [6.07, 6.45) is 0.765. The first-order valence-corrected chi connectivity index (χ1v) is 5.18. The zero-order valence-corrected chi connectivity index (χ0v) is 9.21. The van der Waals surface area contributed by atoms with E-state index in [9.17, 15) is 4.79 Å². The molecule has 0 aliphatic heterocycles. The fourth-order valence-corrected chi connectivity index (χ4v) is 1.53. The summed E-state index contributed by atoms with van der Waals surface area (Å²) in [5, 5.41) is 11.9. The fraction of sp³-hybridized carbons (Fsp3) is 0.417. The molecule has 0 radical (unpaired) electrons. The second-order valence-corrected chi connectivity index (χ2v) is 3.58. The third kappa shape index (κ3) is 3.62. The maximum atomic E-state index is 10.5. The SMILES string of the molecule is CCNc1ccc(C)cc1CCC(=O)O. The quantitative estimate of drug-likeness (QED) is 0.779. The Labute approximate surface area is 90.1 Å². The molecule has 0 fully saturated rings. The van der Waals surface area contributed by atoms with E-state index in [1.807, 2.05) is 32.0 Å². The molecule has 1 rings (SSSR count). The molecule has 0 saturated heterocycles. The molecule has 0 aliphatic carbocycles. The Hall–Kier alpha value is -1.51. The average molecular weight is 207 g/mol. The summed E-state index contributed by atoms with van der Waals surface area (Å²) < 4.78 is 0. The highest BCUT2D eigenvalue weighted by Crippen LogP contribution is 2.18. The zero-order chi connectivity index (χ0) is 11.3. The lowest BCUT2D eigenvalue weighted by Crippen LogP contribution is -2.04. The van der Waals surface area contributed by atoms with Crippen LogP contribution in [0.4, 0.5) is 5.69 Å². The van der Waals surface area contributed by atoms with Gasteiger partial charge in [0.25, 0.3) is 0 Å². The van der Waals surface area contributed by atoms with Gasteiger partial charge in [-0.05, 0) is 31.9 Å². The smallest absolute Gasteiger partial charge is 0.303 e. The molecular formula is C12H17NO2. The molecule has 3 heteroatoms. The third-order valence-electron chi connectivity index (χ3n) is 2.24. The molecule has 0 spiro atoms. The number of hydrogen-bond donors (Lipinski definition) is 2. The van der Waals surface area contributed by atoms with Crippen molar-refractivity contribution in [1.29, 1.82) is 0 Å². The number of nitrogens with one attached hydrogen (secondary N) is 1. The molecule has 82 valence electrons. The molecule has 0 atom stereocenters. The minimum atomic E-state index is -0.751. The van der Waals surface area contributed by atoms with Crippen LogP contribution in [0.3, 0.4) is 0 Å². The van der Waals surface area contributed by atoms with Gasteiger partial charge < -0.3 is 10.4 Å². The monoisotopic (exact) mass is 207 g/mol. The van der Waals surface area contributed by atoms with E-state index in [4.69, 9.17) is 5.11 Å². The lowest BCUT2D eigenvalue weighted by atomic mass is 10.0. The molecule has 0 unspecified atom stereocenters. The molecule has 0 bridgehead atoms. The van der Waals surface area contributed by atoms with Crippen LogP contribution in [0.15, 0.2) is 18.2 Å². The molecule has 2 N–H and O–H groups in total. The lowest BCUT2D eigenvalue weighted by molar-refractivity contribution is -0.136. The Morgan fingerprint density at radius 3 is 2.80 bits per heavy atom. The highest BCUT2D eigenvalue weighted by molar-refractivity contribution is 5.67. The fourth-order valence-electron chi connectivity index (χ4n) is 1.53. The molecule has 0 saturated carbocycles. The number of aryl methyl sites for hydroxylation is 2. The maximum Gasteiger partial charge on any atom is 0.303 e. The summed E-state index contributed by atoms with van der Waals surface area (Å²) in [5.41, 5.74) is 3.29. The van der Waals surface area contributed by atoms with Gasteiger partial charge >= 0.3 is 5.97 Å². The van der Waals surface area contributed by atoms with Gasteiger partial charge in [-0.1, -0.05) is 17.7 Å². The van der Waals surface area contributed by atoms with Gasteiger partial charge in [0.15, 0.2) is 0 Å². The molecule has 15 heavy (non-hydrogen) atoms. The van der Waals surface area contributed by atoms with E-state index in [0.717, 1.165) is 23.4 Å². The zero-order valence-electron chi connectivity index (χ0n) is 9.21. The van der Waals surface area contributed by atoms with Crippen molar-refractivity contribution in [2.24, 2.45) is 0 Å². The number of aliphatic carboxylic acids is 1. The van der Waals surface area contributed by atoms with Crippen LogP contribution in [0, 0.1) is 6.92 Å². The predicted octanol–water partition coefficient (Wildman–Crippen LogP) is 2.44. The molecule has 1 aromatic carbocycles. The van der Waals surface area contributed by atoms with Crippen molar-refractivity contribution in [2.45, 2.75) is 26.7 Å². The van der Waals surface area contributed by atoms with Crippen LogP contribution in [0.25, 0.3) is 0 Å². The van der Waals surface area contributed by atoms with E-state index in [-0.39, 0.29) is 6.42 Å². The average Bonchev–Trinajstić information content (AvgIpc) is 2.18. The number of benzene rings is 1. The van der Waals surface area contributed by atoms with Crippen molar-refractivity contribution in [3.63, 3.8) is 0 Å². The summed E-state index contributed by atoms with van der Waals surface area (Å²) in [5.74, 6) is -0.751. The molecule has 3 nitrogen and oxygen atoms in total. The Kier molecular flexibility index (Phi) is 4.16. The Morgan fingerprint density at radius 1 is 1.47 bits per heavy atom. The first-order valence-electron chi connectivity index (χ1n) is 5.18. The van der Waals surface area contributed by atoms with Gasteiger partial charge in [0.05, 0.1) is 0 Å². The first kappa shape index (κ1) is 11.6. The van der Waals surface area contributed by atoms with Crippen molar-refractivity contribution >= 4 is 11.7 Å². The first-order chi connectivity index (χ1) is 7.13. The Balaban J connectivity index is 2.81. The summed E-state index contributed by atoms with van der Waals surface area (Å²) in [6.45, 7) is 4.89. The Bertz CT molecular complexity index is 347. The van der Waals surface area contributed by atoms with Crippen molar-refractivity contribution in [2.75, 3.05) is 11.9 Å². The van der Waals surface area contributed by atoms with Gasteiger partial charge in [-0.25, -0.2) is 0 Å². The summed E-state index contributed by atoms with van der Waals surface area (Å²) in [6, 6.07) is 6.08. The van der Waals surface area contributed by atoms with Gasteiger partial charge in [-0.15, -0.1) is 0 Å². The second kappa shape index (κ2) is 5.39. The van der Waals surface area contributed by atoms with Gasteiger partial charge in [0.2, 0.25) is 0 Å². The van der Waals surface area contributed by atoms with Crippen LogP contribution in [-0.2, 0) is 11.2 Å². The highest BCUT2D eigenvalue weighted by atomic mass is 16.4. The molecular weight excluding hydrogens is 190 g/mol. The Morgan fingerprint density at radius 2 is 2.20 bits per heavy atom. The summed E-state index contributed by atoms with van der Waals surface area (Å²) >= 11 is 0. The number of hydrogen-bond acceptors (Lipinski definition) is 2. The van der Waals surface area contributed by atoms with E-state index in [1.165, 1.54) is 0 Å². The third-order valence-corrected chi connectivity index (χ3v) is 2.24. The molecule has 0 aromatic heterocycles. The van der Waals surface area contributed by atoms with E-state index in [1.54, 1.807) is 0 Å². The second-order valence-electron chi connectivity index (χ2n) is 3.58. The number of rotatable bonds is 5. The largest absolute Gasteiger partial charge is 0.481 e. The normalized spacial score (nSPS) is 10.0. The lowest BCUT2D eigenvalue weighted by Gasteiger charge is -2.10. The minimum absolute atomic E-state index is 0.182. The van der Waals surface area contributed by atoms with Crippen molar-refractivity contribution in [1.82, 2.24) is 0 Å². The van der Waals surface area contributed by atoms with E-state index >= 15 is 0 Å². The summed E-state index contributed by atoms with van der Waals surface area (Å²) in [4.78, 5) is 10.5. The summed E-state index contributed by atoms with van der Waals surface area (Å²) in [7, 11) is 0. The van der Waals surface area contributed by atoms with Crippen molar-refractivity contribution in [3.05, 3.63) is 29.3 Å².